The van der Waals surface area contributed by atoms with Crippen molar-refractivity contribution in [2.45, 2.75) is 75.0 Å². The van der Waals surface area contributed by atoms with E-state index in [0.717, 1.165) is 65.2 Å². The Morgan fingerprint density at radius 2 is 1.83 bits per heavy atom. The quantitative estimate of drug-likeness (QED) is 0.645. The predicted octanol–water partition coefficient (Wildman–Crippen LogP) is 4.40. The molecule has 9 heteroatoms. The van der Waals surface area contributed by atoms with Gasteiger partial charge in [0.15, 0.2) is 9.92 Å². The zero-order valence-electron chi connectivity index (χ0n) is 17.7. The second-order valence-electron chi connectivity index (χ2n) is 8.90. The van der Waals surface area contributed by atoms with E-state index in [-0.39, 0.29) is 4.21 Å². The number of urea groups is 1. The molecule has 0 fully saturated rings. The number of aromatic nitrogens is 1. The third kappa shape index (κ3) is 3.79. The molecule has 2 heterocycles. The largest absolute Gasteiger partial charge is 0.386 e. The molecule has 4 rings (SSSR count). The fourth-order valence-electron chi connectivity index (χ4n) is 4.26. The molecule has 0 saturated carbocycles. The van der Waals surface area contributed by atoms with E-state index in [9.17, 15) is 14.1 Å². The lowest BCUT2D eigenvalue weighted by atomic mass is 10.0. The van der Waals surface area contributed by atoms with E-state index in [1.807, 2.05) is 0 Å². The van der Waals surface area contributed by atoms with Crippen LogP contribution in [0.5, 0.6) is 0 Å². The summed E-state index contributed by atoms with van der Waals surface area (Å²) in [6.45, 7) is 7.58. The molecule has 162 valence electrons. The third-order valence-electron chi connectivity index (χ3n) is 6.07. The summed E-state index contributed by atoms with van der Waals surface area (Å²) < 4.78 is 17.1. The van der Waals surface area contributed by atoms with Gasteiger partial charge >= 0.3 is 6.03 Å². The van der Waals surface area contributed by atoms with Gasteiger partial charge in [-0.3, -0.25) is 4.98 Å². The maximum absolute atomic E-state index is 13.0. The first-order valence-corrected chi connectivity index (χ1v) is 12.7. The highest BCUT2D eigenvalue weighted by atomic mass is 32.2. The lowest BCUT2D eigenvalue weighted by Crippen LogP contribution is -2.19. The summed E-state index contributed by atoms with van der Waals surface area (Å²) in [5.41, 5.74) is 4.54. The number of fused-ring (bicyclic) bond motifs is 2. The number of nitrogens with zero attached hydrogens (tertiary/aromatic N) is 2. The molecule has 4 N–H and O–H groups in total. The van der Waals surface area contributed by atoms with Gasteiger partial charge in [0.25, 0.3) is 0 Å². The van der Waals surface area contributed by atoms with Crippen LogP contribution in [-0.2, 0) is 28.4 Å². The van der Waals surface area contributed by atoms with Gasteiger partial charge in [-0.15, -0.1) is 15.7 Å². The number of thiophene rings is 1. The Kier molecular flexibility index (Phi) is 5.29. The van der Waals surface area contributed by atoms with E-state index in [0.29, 0.717) is 17.4 Å². The minimum Gasteiger partial charge on any atom is -0.386 e. The van der Waals surface area contributed by atoms with Gasteiger partial charge in [0.05, 0.1) is 11.3 Å². The number of hydrogen-bond donors (Lipinski definition) is 3. The molecule has 3 atom stereocenters. The highest BCUT2D eigenvalue weighted by Crippen LogP contribution is 2.44. The van der Waals surface area contributed by atoms with Crippen molar-refractivity contribution in [3.05, 3.63) is 39.5 Å². The van der Waals surface area contributed by atoms with Gasteiger partial charge in [0, 0.05) is 11.4 Å². The Balaban J connectivity index is 1.68. The number of anilines is 1. The van der Waals surface area contributed by atoms with Gasteiger partial charge in [-0.1, -0.05) is 13.8 Å². The topological polar surface area (TPSA) is 118 Å². The minimum atomic E-state index is -3.41. The molecular weight excluding hydrogens is 420 g/mol. The van der Waals surface area contributed by atoms with E-state index in [2.05, 4.69) is 23.5 Å². The maximum Gasteiger partial charge on any atom is 0.354 e. The first kappa shape index (κ1) is 21.4. The molecule has 1 unspecified atom stereocenters. The Morgan fingerprint density at radius 1 is 1.27 bits per heavy atom. The standard InChI is InChI=1S/C21H28N4O3S2/c1-11-5-7-14-17(11)23-18-12(2)6-8-15(18)19(14)24-20(26)25-30(22,28)16-9-13(10-29-16)21(3,4)27/h9-12,27H,5-8H2,1-4H3,(H3,22,23,24,25,26,28)/t11-,12-,30?/m1/s1. The van der Waals surface area contributed by atoms with Crippen LogP contribution >= 0.6 is 11.3 Å². The molecule has 2 aromatic rings. The lowest BCUT2D eigenvalue weighted by Gasteiger charge is -2.16. The molecule has 0 bridgehead atoms. The van der Waals surface area contributed by atoms with E-state index in [1.54, 1.807) is 25.3 Å². The smallest absolute Gasteiger partial charge is 0.354 e. The highest BCUT2D eigenvalue weighted by molar-refractivity contribution is 7.93. The van der Waals surface area contributed by atoms with Crippen molar-refractivity contribution in [2.24, 2.45) is 9.50 Å². The number of hydrogen-bond acceptors (Lipinski definition) is 5. The molecule has 2 aliphatic rings. The number of amides is 2. The van der Waals surface area contributed by atoms with Gasteiger partial charge in [0.1, 0.15) is 4.21 Å². The van der Waals surface area contributed by atoms with E-state index < -0.39 is 21.5 Å². The maximum atomic E-state index is 13.0. The molecule has 0 aromatic carbocycles. The molecule has 2 amide bonds. The van der Waals surface area contributed by atoms with Crippen LogP contribution in [0.2, 0.25) is 0 Å². The molecule has 2 aliphatic carbocycles. The van der Waals surface area contributed by atoms with Crippen molar-refractivity contribution in [2.75, 3.05) is 5.32 Å². The molecule has 0 aliphatic heterocycles. The third-order valence-corrected chi connectivity index (χ3v) is 8.93. The summed E-state index contributed by atoms with van der Waals surface area (Å²) in [5.74, 6) is 0.714. The second-order valence-corrected chi connectivity index (χ2v) is 11.8. The summed E-state index contributed by atoms with van der Waals surface area (Å²) in [5, 5.41) is 20.6. The highest BCUT2D eigenvalue weighted by Gasteiger charge is 2.32. The molecule has 2 aromatic heterocycles. The monoisotopic (exact) mass is 448 g/mol. The molecular formula is C21H28N4O3S2. The Morgan fingerprint density at radius 3 is 2.33 bits per heavy atom. The van der Waals surface area contributed by atoms with Crippen LogP contribution in [0.4, 0.5) is 10.5 Å². The summed E-state index contributed by atoms with van der Waals surface area (Å²) >= 11 is 1.13. The Bertz CT molecular complexity index is 1100. The zero-order valence-corrected chi connectivity index (χ0v) is 19.3. The molecule has 0 spiro atoms. The van der Waals surface area contributed by atoms with Crippen LogP contribution in [0.25, 0.3) is 0 Å². The Hall–Kier alpha value is -1.81. The average molecular weight is 449 g/mol. The van der Waals surface area contributed by atoms with Crippen molar-refractivity contribution < 1.29 is 14.1 Å². The molecule has 0 saturated heterocycles. The first-order valence-electron chi connectivity index (χ1n) is 10.2. The predicted molar refractivity (Wildman–Crippen MR) is 119 cm³/mol. The number of aliphatic hydroxyl groups is 1. The summed E-state index contributed by atoms with van der Waals surface area (Å²) in [6.07, 6.45) is 3.72. The van der Waals surface area contributed by atoms with Crippen LogP contribution in [0, 0.1) is 0 Å². The van der Waals surface area contributed by atoms with Crippen LogP contribution in [0.3, 0.4) is 0 Å². The second kappa shape index (κ2) is 7.40. The number of nitrogens with two attached hydrogens (primary N) is 1. The van der Waals surface area contributed by atoms with Crippen molar-refractivity contribution >= 4 is 33.0 Å². The van der Waals surface area contributed by atoms with Crippen molar-refractivity contribution in [3.63, 3.8) is 0 Å². The van der Waals surface area contributed by atoms with Crippen LogP contribution in [0.15, 0.2) is 20.0 Å². The van der Waals surface area contributed by atoms with E-state index in [4.69, 9.17) is 10.1 Å². The molecule has 7 nitrogen and oxygen atoms in total. The van der Waals surface area contributed by atoms with Gasteiger partial charge in [-0.05, 0) is 79.5 Å². The molecule has 30 heavy (non-hydrogen) atoms. The zero-order chi connectivity index (χ0) is 21.8. The average Bonchev–Trinajstić information content (AvgIpc) is 3.35. The number of pyridine rings is 1. The van der Waals surface area contributed by atoms with Crippen molar-refractivity contribution in [1.29, 1.82) is 0 Å². The minimum absolute atomic E-state index is 0.266. The van der Waals surface area contributed by atoms with E-state index >= 15 is 0 Å². The number of carbonyl (C=O) groups excluding carboxylic acids is 1. The van der Waals surface area contributed by atoms with Gasteiger partial charge < -0.3 is 10.4 Å². The fraction of sp³-hybridized carbons (Fsp3) is 0.524. The van der Waals surface area contributed by atoms with Gasteiger partial charge in [-0.25, -0.2) is 14.1 Å². The van der Waals surface area contributed by atoms with Crippen LogP contribution < -0.4 is 10.5 Å². The van der Waals surface area contributed by atoms with Gasteiger partial charge in [-0.2, -0.15) is 0 Å². The summed E-state index contributed by atoms with van der Waals surface area (Å²) in [6, 6.07) is 0.838. The molecule has 0 radical (unpaired) electrons. The van der Waals surface area contributed by atoms with E-state index in [1.165, 1.54) is 0 Å². The van der Waals surface area contributed by atoms with Gasteiger partial charge in [0.2, 0.25) is 0 Å². The van der Waals surface area contributed by atoms with Crippen LogP contribution in [-0.4, -0.2) is 20.3 Å². The SMILES string of the molecule is C[C@@H]1CCc2c1nc1c(c2NC(=O)N=S(N)(=O)c2cc(C(C)(C)O)cs2)CC[C@H]1C. The Labute approximate surface area is 181 Å². The number of carbonyl (C=O) groups is 1. The fourth-order valence-corrected chi connectivity index (χ4v) is 6.54. The lowest BCUT2D eigenvalue weighted by molar-refractivity contribution is 0.0789. The van der Waals surface area contributed by atoms with Crippen LogP contribution in [0.1, 0.15) is 80.5 Å². The number of rotatable bonds is 3. The first-order chi connectivity index (χ1) is 14.0. The summed E-state index contributed by atoms with van der Waals surface area (Å²) in [7, 11) is -3.41. The number of nitrogens with one attached hydrogen (secondary N) is 1. The summed E-state index contributed by atoms with van der Waals surface area (Å²) in [4.78, 5) is 17.7. The normalized spacial score (nSPS) is 22.3. The van der Waals surface area contributed by atoms with Crippen molar-refractivity contribution in [1.82, 2.24) is 4.98 Å². The van der Waals surface area contributed by atoms with Crippen molar-refractivity contribution in [3.8, 4) is 0 Å².